The first-order valence-corrected chi connectivity index (χ1v) is 7.33. The molecular formula is C7H16NO3PS. The smallest absolute Gasteiger partial charge is 0.306 e. The van der Waals surface area contributed by atoms with E-state index in [4.69, 9.17) is 4.52 Å². The highest BCUT2D eigenvalue weighted by atomic mass is 32.7. The molecule has 0 rings (SSSR count). The second-order valence-corrected chi connectivity index (χ2v) is 7.09. The Morgan fingerprint density at radius 3 is 2.62 bits per heavy atom. The second kappa shape index (κ2) is 6.46. The average molecular weight is 225 g/mol. The van der Waals surface area contributed by atoms with Crippen molar-refractivity contribution in [1.29, 1.82) is 0 Å². The van der Waals surface area contributed by atoms with Crippen molar-refractivity contribution in [2.45, 2.75) is 32.4 Å². The molecule has 78 valence electrons. The van der Waals surface area contributed by atoms with Crippen LogP contribution in [0.4, 0.5) is 0 Å². The van der Waals surface area contributed by atoms with E-state index in [0.717, 1.165) is 6.42 Å². The summed E-state index contributed by atoms with van der Waals surface area (Å²) in [6.45, 7) is 3.03. The number of hydrogen-bond donors (Lipinski definition) is 1. The van der Waals surface area contributed by atoms with Crippen molar-refractivity contribution in [3.63, 3.8) is 0 Å². The minimum Gasteiger partial charge on any atom is -0.306 e. The van der Waals surface area contributed by atoms with Crippen molar-refractivity contribution < 1.29 is 13.9 Å². The van der Waals surface area contributed by atoms with Crippen molar-refractivity contribution >= 4 is 24.5 Å². The summed E-state index contributed by atoms with van der Waals surface area (Å²) in [5, 5.41) is 2.45. The van der Waals surface area contributed by atoms with Gasteiger partial charge in [0.05, 0.1) is 6.61 Å². The normalized spacial score (nSPS) is 17.5. The van der Waals surface area contributed by atoms with Crippen LogP contribution in [0.5, 0.6) is 0 Å². The maximum Gasteiger partial charge on any atom is 0.353 e. The highest BCUT2D eigenvalue weighted by Crippen LogP contribution is 2.57. The Balaban J connectivity index is 4.22. The molecule has 0 aromatic rings. The monoisotopic (exact) mass is 225 g/mol. The summed E-state index contributed by atoms with van der Waals surface area (Å²) in [7, 11) is 0. The fourth-order valence-electron chi connectivity index (χ4n) is 0.644. The van der Waals surface area contributed by atoms with Gasteiger partial charge in [-0.25, -0.2) is 0 Å². The molecule has 0 saturated carbocycles. The van der Waals surface area contributed by atoms with Gasteiger partial charge in [-0.05, 0) is 24.7 Å². The molecular weight excluding hydrogens is 209 g/mol. The quantitative estimate of drug-likeness (QED) is 0.534. The van der Waals surface area contributed by atoms with Crippen LogP contribution in [0.2, 0.25) is 0 Å². The van der Waals surface area contributed by atoms with Crippen molar-refractivity contribution in [3.8, 4) is 0 Å². The number of amides is 1. The van der Waals surface area contributed by atoms with Gasteiger partial charge < -0.3 is 4.52 Å². The molecule has 0 saturated heterocycles. The van der Waals surface area contributed by atoms with Gasteiger partial charge in [0.2, 0.25) is 6.41 Å². The lowest BCUT2D eigenvalue weighted by molar-refractivity contribution is -0.108. The zero-order valence-corrected chi connectivity index (χ0v) is 9.86. The molecule has 0 aromatic heterocycles. The van der Waals surface area contributed by atoms with Crippen molar-refractivity contribution in [3.05, 3.63) is 0 Å². The topological polar surface area (TPSA) is 55.4 Å². The minimum atomic E-state index is -2.99. The number of carbonyl (C=O) groups excluding carboxylic acids is 1. The Morgan fingerprint density at radius 1 is 1.62 bits per heavy atom. The SMILES string of the molecule is CCOP(=O)(NC=O)SC(C)CC. The minimum absolute atomic E-state index is 0.213. The molecule has 0 fully saturated rings. The van der Waals surface area contributed by atoms with Crippen molar-refractivity contribution in [1.82, 2.24) is 5.09 Å². The molecule has 0 heterocycles. The highest BCUT2D eigenvalue weighted by Gasteiger charge is 2.25. The van der Waals surface area contributed by atoms with E-state index in [-0.39, 0.29) is 5.25 Å². The van der Waals surface area contributed by atoms with E-state index in [1.807, 2.05) is 13.8 Å². The summed E-state index contributed by atoms with van der Waals surface area (Å²) >= 11 is 1.19. The van der Waals surface area contributed by atoms with Gasteiger partial charge in [0.25, 0.3) is 0 Å². The molecule has 0 radical (unpaired) electrons. The standard InChI is InChI=1S/C7H16NO3PS/c1-4-7(3)13-12(10,8-6-9)11-5-2/h6-7H,4-5H2,1-3H3,(H,8,9,10). The van der Waals surface area contributed by atoms with Crippen LogP contribution in [0.25, 0.3) is 0 Å². The Labute approximate surface area is 83.1 Å². The third-order valence-corrected chi connectivity index (χ3v) is 5.94. The molecule has 1 amide bonds. The summed E-state index contributed by atoms with van der Waals surface area (Å²) in [6.07, 6.45) is 1.31. The molecule has 2 atom stereocenters. The fraction of sp³-hybridized carbons (Fsp3) is 0.857. The molecule has 0 aliphatic rings. The second-order valence-electron chi connectivity index (χ2n) is 2.49. The average Bonchev–Trinajstić information content (AvgIpc) is 2.04. The number of carbonyl (C=O) groups is 1. The van der Waals surface area contributed by atoms with Gasteiger partial charge in [0.15, 0.2) is 0 Å². The van der Waals surface area contributed by atoms with E-state index >= 15 is 0 Å². The van der Waals surface area contributed by atoms with Crippen LogP contribution in [-0.2, 0) is 13.9 Å². The van der Waals surface area contributed by atoms with Gasteiger partial charge in [0, 0.05) is 5.25 Å². The zero-order valence-electron chi connectivity index (χ0n) is 8.15. The summed E-state index contributed by atoms with van der Waals surface area (Å²) in [5.74, 6) is 0. The molecule has 13 heavy (non-hydrogen) atoms. The molecule has 0 aliphatic heterocycles. The van der Waals surface area contributed by atoms with Crippen LogP contribution in [-0.4, -0.2) is 18.3 Å². The van der Waals surface area contributed by atoms with Crippen molar-refractivity contribution in [2.75, 3.05) is 6.61 Å². The van der Waals surface area contributed by atoms with E-state index in [1.165, 1.54) is 11.4 Å². The largest absolute Gasteiger partial charge is 0.353 e. The molecule has 0 bridgehead atoms. The first-order chi connectivity index (χ1) is 6.08. The summed E-state index contributed by atoms with van der Waals surface area (Å²) in [4.78, 5) is 10.2. The maximum atomic E-state index is 11.8. The third-order valence-electron chi connectivity index (χ3n) is 1.40. The van der Waals surface area contributed by atoms with Gasteiger partial charge in [-0.15, -0.1) is 0 Å². The van der Waals surface area contributed by atoms with E-state index in [9.17, 15) is 9.36 Å². The Morgan fingerprint density at radius 2 is 2.23 bits per heavy atom. The molecule has 1 N–H and O–H groups in total. The third kappa shape index (κ3) is 5.34. The van der Waals surface area contributed by atoms with Crippen LogP contribution in [0.15, 0.2) is 0 Å². The van der Waals surface area contributed by atoms with E-state index in [0.29, 0.717) is 13.0 Å². The Kier molecular flexibility index (Phi) is 6.47. The van der Waals surface area contributed by atoms with Crippen LogP contribution >= 0.6 is 18.1 Å². The van der Waals surface area contributed by atoms with Gasteiger partial charge in [-0.1, -0.05) is 13.8 Å². The molecule has 4 nitrogen and oxygen atoms in total. The highest BCUT2D eigenvalue weighted by molar-refractivity contribution is 8.56. The number of rotatable bonds is 7. The Hall–Kier alpha value is 0.01000. The van der Waals surface area contributed by atoms with Crippen LogP contribution in [0, 0.1) is 0 Å². The van der Waals surface area contributed by atoms with Gasteiger partial charge in [0.1, 0.15) is 0 Å². The van der Waals surface area contributed by atoms with E-state index < -0.39 is 6.72 Å². The van der Waals surface area contributed by atoms with Gasteiger partial charge >= 0.3 is 6.72 Å². The van der Waals surface area contributed by atoms with Gasteiger partial charge in [-0.3, -0.25) is 14.4 Å². The van der Waals surface area contributed by atoms with E-state index in [2.05, 4.69) is 5.09 Å². The Bertz CT molecular complexity index is 200. The summed E-state index contributed by atoms with van der Waals surface area (Å²) in [5.41, 5.74) is 0. The molecule has 0 spiro atoms. The van der Waals surface area contributed by atoms with Crippen molar-refractivity contribution in [2.24, 2.45) is 0 Å². The first-order valence-electron chi connectivity index (χ1n) is 4.22. The summed E-state index contributed by atoms with van der Waals surface area (Å²) in [6, 6.07) is 0. The molecule has 0 aromatic carbocycles. The van der Waals surface area contributed by atoms with Crippen LogP contribution in [0.3, 0.4) is 0 Å². The molecule has 6 heteroatoms. The number of nitrogens with one attached hydrogen (secondary N) is 1. The maximum absolute atomic E-state index is 11.8. The number of hydrogen-bond acceptors (Lipinski definition) is 4. The van der Waals surface area contributed by atoms with E-state index in [1.54, 1.807) is 6.92 Å². The van der Waals surface area contributed by atoms with Crippen LogP contribution in [0.1, 0.15) is 27.2 Å². The molecule has 2 unspecified atom stereocenters. The fourth-order valence-corrected chi connectivity index (χ4v) is 4.61. The molecule has 0 aliphatic carbocycles. The predicted molar refractivity (Wildman–Crippen MR) is 55.8 cm³/mol. The first kappa shape index (κ1) is 13.0. The zero-order chi connectivity index (χ0) is 10.3. The van der Waals surface area contributed by atoms with Gasteiger partial charge in [-0.2, -0.15) is 0 Å². The predicted octanol–water partition coefficient (Wildman–Crippen LogP) is 2.41. The van der Waals surface area contributed by atoms with Crippen LogP contribution < -0.4 is 5.09 Å². The summed E-state index contributed by atoms with van der Waals surface area (Å²) < 4.78 is 16.8. The lowest BCUT2D eigenvalue weighted by Gasteiger charge is -2.18. The lowest BCUT2D eigenvalue weighted by Crippen LogP contribution is -2.10. The lowest BCUT2D eigenvalue weighted by atomic mass is 10.4.